The van der Waals surface area contributed by atoms with E-state index in [1.807, 2.05) is 54.6 Å². The predicted molar refractivity (Wildman–Crippen MR) is 66.2 cm³/mol. The molecule has 0 aliphatic carbocycles. The van der Waals surface area contributed by atoms with Crippen molar-refractivity contribution in [3.63, 3.8) is 0 Å². The SMILES string of the molecule is OCC1(c2ccccc2)COc2ccccc21. The summed E-state index contributed by atoms with van der Waals surface area (Å²) in [5.74, 6) is 0.880. The first kappa shape index (κ1) is 10.4. The second-order valence-electron chi connectivity index (χ2n) is 4.39. The van der Waals surface area contributed by atoms with Gasteiger partial charge in [0.2, 0.25) is 0 Å². The summed E-state index contributed by atoms with van der Waals surface area (Å²) in [6.07, 6.45) is 0. The minimum Gasteiger partial charge on any atom is -0.492 e. The Kier molecular flexibility index (Phi) is 2.37. The van der Waals surface area contributed by atoms with Crippen LogP contribution in [0.2, 0.25) is 0 Å². The molecule has 17 heavy (non-hydrogen) atoms. The van der Waals surface area contributed by atoms with Gasteiger partial charge in [0.1, 0.15) is 12.4 Å². The lowest BCUT2D eigenvalue weighted by molar-refractivity contribution is 0.185. The molecule has 0 saturated heterocycles. The average molecular weight is 226 g/mol. The number of para-hydroxylation sites is 1. The van der Waals surface area contributed by atoms with E-state index in [1.165, 1.54) is 0 Å². The molecule has 0 spiro atoms. The number of fused-ring (bicyclic) bond motifs is 1. The molecule has 2 nitrogen and oxygen atoms in total. The molecule has 1 aliphatic rings. The maximum absolute atomic E-state index is 9.84. The van der Waals surface area contributed by atoms with Crippen LogP contribution >= 0.6 is 0 Å². The fourth-order valence-electron chi connectivity index (χ4n) is 2.48. The number of benzene rings is 2. The fourth-order valence-corrected chi connectivity index (χ4v) is 2.48. The minimum atomic E-state index is -0.405. The first-order valence-corrected chi connectivity index (χ1v) is 5.75. The van der Waals surface area contributed by atoms with Gasteiger partial charge in [0.15, 0.2) is 0 Å². The van der Waals surface area contributed by atoms with Crippen LogP contribution in [-0.4, -0.2) is 18.3 Å². The van der Waals surface area contributed by atoms with Crippen LogP contribution < -0.4 is 4.74 Å². The zero-order chi connectivity index (χ0) is 11.7. The zero-order valence-electron chi connectivity index (χ0n) is 9.47. The maximum atomic E-state index is 9.84. The molecule has 2 aromatic rings. The molecule has 1 N–H and O–H groups in total. The van der Waals surface area contributed by atoms with E-state index in [4.69, 9.17) is 4.74 Å². The van der Waals surface area contributed by atoms with E-state index in [0.717, 1.165) is 16.9 Å². The van der Waals surface area contributed by atoms with E-state index < -0.39 is 5.41 Å². The van der Waals surface area contributed by atoms with Gasteiger partial charge in [0.25, 0.3) is 0 Å². The number of aliphatic hydroxyl groups excluding tert-OH is 1. The molecule has 0 bridgehead atoms. The van der Waals surface area contributed by atoms with E-state index >= 15 is 0 Å². The van der Waals surface area contributed by atoms with E-state index in [-0.39, 0.29) is 6.61 Å². The predicted octanol–water partition coefficient (Wildman–Crippen LogP) is 2.36. The second-order valence-corrected chi connectivity index (χ2v) is 4.39. The largest absolute Gasteiger partial charge is 0.492 e. The van der Waals surface area contributed by atoms with Crippen LogP contribution in [0.5, 0.6) is 5.75 Å². The molecule has 0 radical (unpaired) electrons. The van der Waals surface area contributed by atoms with Crippen LogP contribution in [0, 0.1) is 0 Å². The first-order valence-electron chi connectivity index (χ1n) is 5.75. The van der Waals surface area contributed by atoms with Gasteiger partial charge in [-0.25, -0.2) is 0 Å². The summed E-state index contributed by atoms with van der Waals surface area (Å²) in [6, 6.07) is 18.0. The van der Waals surface area contributed by atoms with Crippen molar-refractivity contribution in [2.75, 3.05) is 13.2 Å². The maximum Gasteiger partial charge on any atom is 0.123 e. The second kappa shape index (κ2) is 3.90. The normalized spacial score (nSPS) is 21.9. The number of hydrogen-bond donors (Lipinski definition) is 1. The summed E-state index contributed by atoms with van der Waals surface area (Å²) >= 11 is 0. The molecule has 1 unspecified atom stereocenters. The molecule has 2 aromatic carbocycles. The van der Waals surface area contributed by atoms with Gasteiger partial charge in [-0.3, -0.25) is 0 Å². The molecule has 0 saturated carbocycles. The smallest absolute Gasteiger partial charge is 0.123 e. The Morgan fingerprint density at radius 2 is 1.71 bits per heavy atom. The summed E-state index contributed by atoms with van der Waals surface area (Å²) in [5.41, 5.74) is 1.78. The Labute approximate surface area is 100 Å². The van der Waals surface area contributed by atoms with Crippen molar-refractivity contribution in [2.24, 2.45) is 0 Å². The van der Waals surface area contributed by atoms with Crippen molar-refractivity contribution in [3.05, 3.63) is 65.7 Å². The highest BCUT2D eigenvalue weighted by Crippen LogP contribution is 2.42. The van der Waals surface area contributed by atoms with E-state index in [2.05, 4.69) is 0 Å². The van der Waals surface area contributed by atoms with Crippen molar-refractivity contribution >= 4 is 0 Å². The van der Waals surface area contributed by atoms with Crippen LogP contribution in [0.3, 0.4) is 0 Å². The first-order chi connectivity index (χ1) is 8.37. The fraction of sp³-hybridized carbons (Fsp3) is 0.200. The third-order valence-corrected chi connectivity index (χ3v) is 3.47. The average Bonchev–Trinajstić information content (AvgIpc) is 2.80. The Hall–Kier alpha value is -1.80. The number of hydrogen-bond acceptors (Lipinski definition) is 2. The van der Waals surface area contributed by atoms with Crippen molar-refractivity contribution < 1.29 is 9.84 Å². The number of ether oxygens (including phenoxy) is 1. The Morgan fingerprint density at radius 3 is 2.47 bits per heavy atom. The monoisotopic (exact) mass is 226 g/mol. The summed E-state index contributed by atoms with van der Waals surface area (Å²) in [7, 11) is 0. The molecule has 1 heterocycles. The molecule has 0 aromatic heterocycles. The molecule has 0 fully saturated rings. The van der Waals surface area contributed by atoms with Crippen LogP contribution in [0.4, 0.5) is 0 Å². The third-order valence-electron chi connectivity index (χ3n) is 3.47. The summed E-state index contributed by atoms with van der Waals surface area (Å²) < 4.78 is 5.70. The Bertz CT molecular complexity index is 521. The van der Waals surface area contributed by atoms with Crippen molar-refractivity contribution in [2.45, 2.75) is 5.41 Å². The van der Waals surface area contributed by atoms with E-state index in [0.29, 0.717) is 6.61 Å². The third kappa shape index (κ3) is 1.45. The zero-order valence-corrected chi connectivity index (χ0v) is 9.47. The summed E-state index contributed by atoms with van der Waals surface area (Å²) in [4.78, 5) is 0. The standard InChI is InChI=1S/C15H14O2/c16-10-15(12-6-2-1-3-7-12)11-17-14-9-5-4-8-13(14)15/h1-9,16H,10-11H2. The molecule has 1 atom stereocenters. The van der Waals surface area contributed by atoms with Crippen molar-refractivity contribution in [1.29, 1.82) is 0 Å². The molecule has 3 rings (SSSR count). The van der Waals surface area contributed by atoms with Crippen molar-refractivity contribution in [1.82, 2.24) is 0 Å². The lowest BCUT2D eigenvalue weighted by atomic mass is 9.77. The molecule has 0 amide bonds. The Balaban J connectivity index is 2.18. The van der Waals surface area contributed by atoms with Gasteiger partial charge in [0, 0.05) is 5.56 Å². The summed E-state index contributed by atoms with van der Waals surface area (Å²) in [5, 5.41) is 9.84. The highest BCUT2D eigenvalue weighted by atomic mass is 16.5. The molecule has 1 aliphatic heterocycles. The number of aliphatic hydroxyl groups is 1. The van der Waals surface area contributed by atoms with Gasteiger partial charge in [-0.05, 0) is 11.6 Å². The van der Waals surface area contributed by atoms with E-state index in [1.54, 1.807) is 0 Å². The molecule has 86 valence electrons. The molecule has 2 heteroatoms. The topological polar surface area (TPSA) is 29.5 Å². The lowest BCUT2D eigenvalue weighted by Gasteiger charge is -2.26. The molecular weight excluding hydrogens is 212 g/mol. The quantitative estimate of drug-likeness (QED) is 0.851. The highest BCUT2D eigenvalue weighted by molar-refractivity contribution is 5.50. The lowest BCUT2D eigenvalue weighted by Crippen LogP contribution is -2.33. The van der Waals surface area contributed by atoms with Gasteiger partial charge >= 0.3 is 0 Å². The van der Waals surface area contributed by atoms with Gasteiger partial charge in [-0.15, -0.1) is 0 Å². The van der Waals surface area contributed by atoms with Gasteiger partial charge in [-0.2, -0.15) is 0 Å². The van der Waals surface area contributed by atoms with Gasteiger partial charge in [-0.1, -0.05) is 48.5 Å². The van der Waals surface area contributed by atoms with Gasteiger partial charge < -0.3 is 9.84 Å². The minimum absolute atomic E-state index is 0.0635. The molecular formula is C15H14O2. The van der Waals surface area contributed by atoms with E-state index in [9.17, 15) is 5.11 Å². The van der Waals surface area contributed by atoms with Crippen LogP contribution in [0.15, 0.2) is 54.6 Å². The van der Waals surface area contributed by atoms with Crippen LogP contribution in [-0.2, 0) is 5.41 Å². The van der Waals surface area contributed by atoms with Crippen LogP contribution in [0.1, 0.15) is 11.1 Å². The van der Waals surface area contributed by atoms with Crippen molar-refractivity contribution in [3.8, 4) is 5.75 Å². The Morgan fingerprint density at radius 1 is 1.00 bits per heavy atom. The summed E-state index contributed by atoms with van der Waals surface area (Å²) in [6.45, 7) is 0.570. The van der Waals surface area contributed by atoms with Crippen LogP contribution in [0.25, 0.3) is 0 Å². The highest BCUT2D eigenvalue weighted by Gasteiger charge is 2.41. The van der Waals surface area contributed by atoms with Gasteiger partial charge in [0.05, 0.1) is 12.0 Å². The number of rotatable bonds is 2.